The van der Waals surface area contributed by atoms with Crippen molar-refractivity contribution in [1.29, 1.82) is 0 Å². The lowest BCUT2D eigenvalue weighted by molar-refractivity contribution is -0.605. The first-order chi connectivity index (χ1) is 15.9. The van der Waals surface area contributed by atoms with E-state index in [2.05, 4.69) is 9.84 Å². The van der Waals surface area contributed by atoms with Crippen molar-refractivity contribution in [2.75, 3.05) is 24.8 Å². The number of aromatic nitrogens is 3. The molecule has 182 valence electrons. The molecule has 9 nitrogen and oxygen atoms in total. The van der Waals surface area contributed by atoms with Crippen molar-refractivity contribution in [1.82, 2.24) is 14.7 Å². The molecule has 2 N–H and O–H groups in total. The van der Waals surface area contributed by atoms with Crippen molar-refractivity contribution in [3.63, 3.8) is 0 Å². The van der Waals surface area contributed by atoms with E-state index in [1.807, 2.05) is 0 Å². The number of halogens is 4. The third-order valence-electron chi connectivity index (χ3n) is 4.84. The predicted octanol–water partition coefficient (Wildman–Crippen LogP) is 3.42. The molecule has 4 rings (SSSR count). The summed E-state index contributed by atoms with van der Waals surface area (Å²) in [5.74, 6) is -2.17. The Balaban J connectivity index is 1.77. The topological polar surface area (TPSA) is 115 Å². The van der Waals surface area contributed by atoms with E-state index in [1.165, 1.54) is 29.3 Å². The van der Waals surface area contributed by atoms with Gasteiger partial charge >= 0.3 is 6.18 Å². The summed E-state index contributed by atoms with van der Waals surface area (Å²) < 4.78 is 77.8. The van der Waals surface area contributed by atoms with Crippen LogP contribution >= 0.6 is 10.6 Å². The summed E-state index contributed by atoms with van der Waals surface area (Å²) in [7, 11) is -2.92. The summed E-state index contributed by atoms with van der Waals surface area (Å²) in [4.78, 5) is 14.1. The molecule has 3 aromatic rings. The minimum atomic E-state index is -4.63. The number of hydrogen-bond donors (Lipinski definition) is 2. The molecule has 1 saturated heterocycles. The van der Waals surface area contributed by atoms with E-state index >= 15 is 0 Å². The van der Waals surface area contributed by atoms with Gasteiger partial charge in [0.25, 0.3) is 5.91 Å². The number of hydrogen-bond acceptors (Lipinski definition) is 6. The first-order valence-corrected chi connectivity index (χ1v) is 11.6. The van der Waals surface area contributed by atoms with Gasteiger partial charge in [0.1, 0.15) is 23.1 Å². The molecule has 1 aliphatic rings. The highest BCUT2D eigenvalue weighted by molar-refractivity contribution is 8.24. The number of carbonyl (C=O) groups excluding carboxylic acids is 1. The van der Waals surface area contributed by atoms with Crippen molar-refractivity contribution in [3.05, 3.63) is 65.5 Å². The molecule has 0 radical (unpaired) electrons. The molecule has 34 heavy (non-hydrogen) atoms. The monoisotopic (exact) mass is 502 g/mol. The Morgan fingerprint density at radius 1 is 1.26 bits per heavy atom. The Bertz CT molecular complexity index is 1230. The third-order valence-corrected chi connectivity index (χ3v) is 6.40. The standard InChI is InChI=1S/C20H18F4N4O5S/c21-14-6-13(7-16(8-14)33-11-20(22,23)24)18-9-17(19(29)26-4-5-34(31,32)12-26)25-28(18)15-2-1-3-27(30)10-15/h1-3,6-10,31-32H,4-5,11-12H2. The number of benzene rings is 1. The van der Waals surface area contributed by atoms with Crippen LogP contribution in [0.5, 0.6) is 5.75 Å². The maximum absolute atomic E-state index is 14.3. The molecule has 0 saturated carbocycles. The van der Waals surface area contributed by atoms with Crippen LogP contribution < -0.4 is 9.47 Å². The Morgan fingerprint density at radius 2 is 2.03 bits per heavy atom. The van der Waals surface area contributed by atoms with Gasteiger partial charge in [0.2, 0.25) is 6.20 Å². The number of carbonyl (C=O) groups is 1. The predicted molar refractivity (Wildman–Crippen MR) is 113 cm³/mol. The average molecular weight is 502 g/mol. The molecule has 1 aliphatic heterocycles. The van der Waals surface area contributed by atoms with Crippen molar-refractivity contribution >= 4 is 16.5 Å². The SMILES string of the molecule is O=C(c1cc(-c2cc(F)cc(OCC(F)(F)F)c2)n(-c2ccc[n+]([O-])c2)n1)N1CCS(O)(O)C1. The van der Waals surface area contributed by atoms with Gasteiger partial charge in [0.05, 0.1) is 11.4 Å². The van der Waals surface area contributed by atoms with Gasteiger partial charge in [-0.25, -0.2) is 9.07 Å². The lowest BCUT2D eigenvalue weighted by atomic mass is 10.1. The highest BCUT2D eigenvalue weighted by atomic mass is 32.3. The molecule has 14 heteroatoms. The Kier molecular flexibility index (Phi) is 6.14. The van der Waals surface area contributed by atoms with Crippen LogP contribution in [0.1, 0.15) is 10.5 Å². The third kappa shape index (κ3) is 5.40. The summed E-state index contributed by atoms with van der Waals surface area (Å²) >= 11 is 0. The minimum Gasteiger partial charge on any atom is -0.619 e. The molecule has 1 fully saturated rings. The molecular formula is C20H18F4N4O5S. The van der Waals surface area contributed by atoms with E-state index in [0.717, 1.165) is 29.1 Å². The fourth-order valence-corrected chi connectivity index (χ4v) is 4.76. The summed E-state index contributed by atoms with van der Waals surface area (Å²) in [6, 6.07) is 7.13. The van der Waals surface area contributed by atoms with E-state index in [1.54, 1.807) is 0 Å². The lowest BCUT2D eigenvalue weighted by Gasteiger charge is -2.25. The van der Waals surface area contributed by atoms with E-state index in [4.69, 9.17) is 0 Å². The van der Waals surface area contributed by atoms with Gasteiger partial charge in [-0.15, -0.1) is 0 Å². The smallest absolute Gasteiger partial charge is 0.422 e. The van der Waals surface area contributed by atoms with Crippen LogP contribution in [-0.2, 0) is 0 Å². The van der Waals surface area contributed by atoms with E-state index in [-0.39, 0.29) is 40.8 Å². The second-order valence-electron chi connectivity index (χ2n) is 7.53. The van der Waals surface area contributed by atoms with Crippen LogP contribution in [0.4, 0.5) is 17.6 Å². The van der Waals surface area contributed by atoms with Gasteiger partial charge in [-0.2, -0.15) is 33.6 Å². The zero-order valence-corrected chi connectivity index (χ0v) is 18.1. The van der Waals surface area contributed by atoms with Gasteiger partial charge in [0, 0.05) is 24.2 Å². The van der Waals surface area contributed by atoms with Crippen LogP contribution in [0.3, 0.4) is 0 Å². The number of amides is 1. The van der Waals surface area contributed by atoms with Crippen LogP contribution in [0.15, 0.2) is 48.8 Å². The number of rotatable bonds is 5. The van der Waals surface area contributed by atoms with Crippen LogP contribution in [0, 0.1) is 11.0 Å². The molecule has 0 bridgehead atoms. The molecule has 1 amide bonds. The summed E-state index contributed by atoms with van der Waals surface area (Å²) in [6.07, 6.45) is -2.29. The lowest BCUT2D eigenvalue weighted by Crippen LogP contribution is -2.29. The molecule has 3 heterocycles. The minimum absolute atomic E-state index is 0.0188. The largest absolute Gasteiger partial charge is 0.619 e. The summed E-state index contributed by atoms with van der Waals surface area (Å²) in [6.45, 7) is -1.54. The fraction of sp³-hybridized carbons (Fsp3) is 0.250. The van der Waals surface area contributed by atoms with E-state index in [9.17, 15) is 36.7 Å². The van der Waals surface area contributed by atoms with E-state index < -0.39 is 40.8 Å². The maximum Gasteiger partial charge on any atom is 0.422 e. The molecule has 0 spiro atoms. The van der Waals surface area contributed by atoms with Crippen molar-refractivity contribution in [2.24, 2.45) is 0 Å². The normalized spacial score (nSPS) is 16.5. The zero-order chi connectivity index (χ0) is 24.7. The summed E-state index contributed by atoms with van der Waals surface area (Å²) in [5.41, 5.74) is 0.183. The Hall–Kier alpha value is -3.36. The Morgan fingerprint density at radius 3 is 2.68 bits per heavy atom. The van der Waals surface area contributed by atoms with Crippen LogP contribution in [0.2, 0.25) is 0 Å². The van der Waals surface area contributed by atoms with Gasteiger partial charge in [-0.1, -0.05) is 0 Å². The molecule has 2 aromatic heterocycles. The van der Waals surface area contributed by atoms with Crippen molar-refractivity contribution in [3.8, 4) is 22.7 Å². The second kappa shape index (κ2) is 8.77. The zero-order valence-electron chi connectivity index (χ0n) is 17.3. The first-order valence-electron chi connectivity index (χ1n) is 9.73. The first kappa shape index (κ1) is 23.8. The summed E-state index contributed by atoms with van der Waals surface area (Å²) in [5, 5.41) is 16.0. The van der Waals surface area contributed by atoms with Crippen molar-refractivity contribution < 1.29 is 40.9 Å². The highest BCUT2D eigenvalue weighted by Gasteiger charge is 2.32. The van der Waals surface area contributed by atoms with Crippen LogP contribution in [-0.4, -0.2) is 60.7 Å². The molecule has 0 unspecified atom stereocenters. The van der Waals surface area contributed by atoms with Gasteiger partial charge in [0.15, 0.2) is 18.5 Å². The van der Waals surface area contributed by atoms with Crippen molar-refractivity contribution in [2.45, 2.75) is 6.18 Å². The fourth-order valence-electron chi connectivity index (χ4n) is 3.37. The quantitative estimate of drug-likeness (QED) is 0.314. The number of pyridine rings is 1. The van der Waals surface area contributed by atoms with Gasteiger partial charge < -0.3 is 14.8 Å². The second-order valence-corrected chi connectivity index (χ2v) is 9.80. The van der Waals surface area contributed by atoms with Crippen LogP contribution in [0.25, 0.3) is 16.9 Å². The van der Waals surface area contributed by atoms with Gasteiger partial charge in [-0.05, 0) is 24.3 Å². The molecule has 1 aromatic carbocycles. The molecular weight excluding hydrogens is 484 g/mol. The Labute approximate surface area is 191 Å². The number of nitrogens with zero attached hydrogens (tertiary/aromatic N) is 4. The molecule has 0 atom stereocenters. The maximum atomic E-state index is 14.3. The van der Waals surface area contributed by atoms with Gasteiger partial charge in [-0.3, -0.25) is 13.9 Å². The number of ether oxygens (including phenoxy) is 1. The molecule has 0 aliphatic carbocycles. The van der Waals surface area contributed by atoms with E-state index in [0.29, 0.717) is 4.73 Å². The average Bonchev–Trinajstić information content (AvgIpc) is 3.34. The number of alkyl halides is 3. The highest BCUT2D eigenvalue weighted by Crippen LogP contribution is 2.43.